The van der Waals surface area contributed by atoms with Gasteiger partial charge >= 0.3 is 12.2 Å². The number of ether oxygens (including phenoxy) is 2. The van der Waals surface area contributed by atoms with Crippen LogP contribution in [0.4, 0.5) is 9.59 Å². The largest absolute Gasteiger partial charge is 0.448 e. The van der Waals surface area contributed by atoms with Gasteiger partial charge in [0.1, 0.15) is 0 Å². The summed E-state index contributed by atoms with van der Waals surface area (Å²) >= 11 is 0. The first-order chi connectivity index (χ1) is 7.52. The molecule has 0 fully saturated rings. The number of carbonyl (C=O) groups is 2. The molecule has 2 N–H and O–H groups in total. The first-order valence-electron chi connectivity index (χ1n) is 4.79. The lowest BCUT2D eigenvalue weighted by atomic mass is 10.6. The number of rotatable bonds is 5. The van der Waals surface area contributed by atoms with E-state index in [9.17, 15) is 9.59 Å². The van der Waals surface area contributed by atoms with Crippen LogP contribution in [-0.4, -0.2) is 59.0 Å². The molecule has 0 spiro atoms. The SMILES string of the molecule is CCOC(=O)N(O)CCN(O)C(=O)OCC. The van der Waals surface area contributed by atoms with E-state index in [-0.39, 0.29) is 36.4 Å². The Balaban J connectivity index is 3.86. The van der Waals surface area contributed by atoms with E-state index in [1.807, 2.05) is 0 Å². The van der Waals surface area contributed by atoms with Crippen molar-refractivity contribution in [2.45, 2.75) is 13.8 Å². The average molecular weight is 236 g/mol. The predicted octanol–water partition coefficient (Wildman–Crippen LogP) is 0.682. The minimum atomic E-state index is -0.945. The summed E-state index contributed by atoms with van der Waals surface area (Å²) in [4.78, 5) is 21.8. The van der Waals surface area contributed by atoms with Crippen LogP contribution < -0.4 is 0 Å². The van der Waals surface area contributed by atoms with Crippen LogP contribution in [0.1, 0.15) is 13.8 Å². The fraction of sp³-hybridized carbons (Fsp3) is 0.750. The highest BCUT2D eigenvalue weighted by Crippen LogP contribution is 1.93. The smallest absolute Gasteiger partial charge is 0.433 e. The molecule has 0 radical (unpaired) electrons. The third-order valence-electron chi connectivity index (χ3n) is 1.48. The zero-order chi connectivity index (χ0) is 12.6. The molecule has 0 heterocycles. The minimum Gasteiger partial charge on any atom is -0.448 e. The van der Waals surface area contributed by atoms with Crippen LogP contribution in [-0.2, 0) is 9.47 Å². The van der Waals surface area contributed by atoms with E-state index in [1.54, 1.807) is 13.8 Å². The number of hydrogen-bond donors (Lipinski definition) is 2. The van der Waals surface area contributed by atoms with Gasteiger partial charge in [0.15, 0.2) is 0 Å². The van der Waals surface area contributed by atoms with Gasteiger partial charge in [-0.3, -0.25) is 10.4 Å². The third kappa shape index (κ3) is 5.37. The van der Waals surface area contributed by atoms with Crippen LogP contribution in [0.5, 0.6) is 0 Å². The number of hydroxylamine groups is 4. The summed E-state index contributed by atoms with van der Waals surface area (Å²) in [5.41, 5.74) is 0. The predicted molar refractivity (Wildman–Crippen MR) is 51.0 cm³/mol. The maximum Gasteiger partial charge on any atom is 0.433 e. The summed E-state index contributed by atoms with van der Waals surface area (Å²) < 4.78 is 8.93. The van der Waals surface area contributed by atoms with Crippen molar-refractivity contribution in [2.24, 2.45) is 0 Å². The van der Waals surface area contributed by atoms with Crippen molar-refractivity contribution >= 4 is 12.2 Å². The average Bonchev–Trinajstić information content (AvgIpc) is 2.25. The van der Waals surface area contributed by atoms with Crippen LogP contribution in [0.25, 0.3) is 0 Å². The molecule has 0 saturated heterocycles. The van der Waals surface area contributed by atoms with Crippen LogP contribution in [0, 0.1) is 0 Å². The topological polar surface area (TPSA) is 99.5 Å². The summed E-state index contributed by atoms with van der Waals surface area (Å²) in [7, 11) is 0. The zero-order valence-electron chi connectivity index (χ0n) is 9.25. The highest BCUT2D eigenvalue weighted by atomic mass is 16.6. The van der Waals surface area contributed by atoms with Gasteiger partial charge in [-0.05, 0) is 13.8 Å². The molecule has 0 unspecified atom stereocenters. The van der Waals surface area contributed by atoms with E-state index >= 15 is 0 Å². The van der Waals surface area contributed by atoms with E-state index in [1.165, 1.54) is 0 Å². The molecular formula is C8H16N2O6. The Morgan fingerprint density at radius 2 is 1.25 bits per heavy atom. The monoisotopic (exact) mass is 236 g/mol. The summed E-state index contributed by atoms with van der Waals surface area (Å²) in [5, 5.41) is 18.7. The van der Waals surface area contributed by atoms with Crippen molar-refractivity contribution in [3.05, 3.63) is 0 Å². The van der Waals surface area contributed by atoms with Crippen LogP contribution >= 0.6 is 0 Å². The third-order valence-corrected chi connectivity index (χ3v) is 1.48. The zero-order valence-corrected chi connectivity index (χ0v) is 9.25. The maximum absolute atomic E-state index is 10.9. The molecule has 0 rings (SSSR count). The second-order valence-corrected chi connectivity index (χ2v) is 2.64. The second-order valence-electron chi connectivity index (χ2n) is 2.64. The molecule has 0 aromatic carbocycles. The molecule has 0 aromatic heterocycles. The van der Waals surface area contributed by atoms with Crippen molar-refractivity contribution in [3.63, 3.8) is 0 Å². The van der Waals surface area contributed by atoms with Gasteiger partial charge in [0.2, 0.25) is 0 Å². The van der Waals surface area contributed by atoms with E-state index in [0.717, 1.165) is 0 Å². The van der Waals surface area contributed by atoms with Crippen molar-refractivity contribution in [3.8, 4) is 0 Å². The molecule has 0 aliphatic carbocycles. The van der Waals surface area contributed by atoms with Gasteiger partial charge in [-0.15, -0.1) is 0 Å². The van der Waals surface area contributed by atoms with E-state index < -0.39 is 12.2 Å². The van der Waals surface area contributed by atoms with Crippen molar-refractivity contribution in [1.29, 1.82) is 0 Å². The molecule has 0 saturated carbocycles. The summed E-state index contributed by atoms with van der Waals surface area (Å²) in [6.45, 7) is 2.85. The summed E-state index contributed by atoms with van der Waals surface area (Å²) in [5.74, 6) is 0. The van der Waals surface area contributed by atoms with Crippen LogP contribution in [0.15, 0.2) is 0 Å². The fourth-order valence-electron chi connectivity index (χ4n) is 0.768. The van der Waals surface area contributed by atoms with Gasteiger partial charge < -0.3 is 9.47 Å². The van der Waals surface area contributed by atoms with Gasteiger partial charge in [0, 0.05) is 0 Å². The first-order valence-corrected chi connectivity index (χ1v) is 4.79. The van der Waals surface area contributed by atoms with Gasteiger partial charge in [-0.25, -0.2) is 9.59 Å². The number of hydrogen-bond acceptors (Lipinski definition) is 6. The molecule has 0 atom stereocenters. The minimum absolute atomic E-state index is 0.122. The summed E-state index contributed by atoms with van der Waals surface area (Å²) in [6, 6.07) is 0. The normalized spacial score (nSPS) is 9.50. The van der Waals surface area contributed by atoms with Gasteiger partial charge in [0.05, 0.1) is 26.3 Å². The van der Waals surface area contributed by atoms with E-state index in [2.05, 4.69) is 9.47 Å². The molecule has 0 aromatic rings. The molecule has 94 valence electrons. The lowest BCUT2D eigenvalue weighted by molar-refractivity contribution is -0.112. The Morgan fingerprint density at radius 1 is 0.938 bits per heavy atom. The lowest BCUT2D eigenvalue weighted by Crippen LogP contribution is -2.38. The molecule has 16 heavy (non-hydrogen) atoms. The summed E-state index contributed by atoms with van der Waals surface area (Å²) in [6.07, 6.45) is -1.89. The first kappa shape index (κ1) is 14.5. The van der Waals surface area contributed by atoms with Crippen LogP contribution in [0.3, 0.4) is 0 Å². The van der Waals surface area contributed by atoms with Crippen molar-refractivity contribution in [1.82, 2.24) is 10.1 Å². The number of amides is 2. The van der Waals surface area contributed by atoms with Crippen LogP contribution in [0.2, 0.25) is 0 Å². The second kappa shape index (κ2) is 7.71. The number of nitrogens with zero attached hydrogens (tertiary/aromatic N) is 2. The Labute approximate surface area is 92.9 Å². The number of carbonyl (C=O) groups excluding carboxylic acids is 2. The molecule has 0 bridgehead atoms. The van der Waals surface area contributed by atoms with Crippen molar-refractivity contribution in [2.75, 3.05) is 26.3 Å². The Kier molecular flexibility index (Phi) is 6.97. The van der Waals surface area contributed by atoms with Crippen molar-refractivity contribution < 1.29 is 29.5 Å². The van der Waals surface area contributed by atoms with Gasteiger partial charge in [-0.1, -0.05) is 0 Å². The molecule has 8 heteroatoms. The maximum atomic E-state index is 10.9. The van der Waals surface area contributed by atoms with Gasteiger partial charge in [-0.2, -0.15) is 10.1 Å². The highest BCUT2D eigenvalue weighted by molar-refractivity contribution is 5.67. The Hall–Kier alpha value is -1.54. The quantitative estimate of drug-likeness (QED) is 0.538. The van der Waals surface area contributed by atoms with E-state index in [0.29, 0.717) is 0 Å². The molecule has 0 aliphatic rings. The molecular weight excluding hydrogens is 220 g/mol. The van der Waals surface area contributed by atoms with E-state index in [4.69, 9.17) is 10.4 Å². The fourth-order valence-corrected chi connectivity index (χ4v) is 0.768. The van der Waals surface area contributed by atoms with Gasteiger partial charge in [0.25, 0.3) is 0 Å². The standard InChI is InChI=1S/C8H16N2O6/c1-3-15-7(11)9(13)5-6-10(14)8(12)16-4-2/h13-14H,3-6H2,1-2H3. The molecule has 8 nitrogen and oxygen atoms in total. The Bertz CT molecular complexity index is 211. The molecule has 2 amide bonds. The molecule has 0 aliphatic heterocycles. The lowest BCUT2D eigenvalue weighted by Gasteiger charge is -2.18. The Morgan fingerprint density at radius 3 is 1.50 bits per heavy atom. The highest BCUT2D eigenvalue weighted by Gasteiger charge is 2.16.